The van der Waals surface area contributed by atoms with Crippen LogP contribution in [0.5, 0.6) is 0 Å². The van der Waals surface area contributed by atoms with Gasteiger partial charge in [0.2, 0.25) is 11.8 Å². The van der Waals surface area contributed by atoms with Crippen LogP contribution >= 0.6 is 0 Å². The maximum Gasteiger partial charge on any atom is 0.238 e. The fourth-order valence-corrected chi connectivity index (χ4v) is 7.11. The van der Waals surface area contributed by atoms with Crippen molar-refractivity contribution >= 4 is 35.0 Å². The van der Waals surface area contributed by atoms with Gasteiger partial charge in [-0.1, -0.05) is 49.6 Å². The van der Waals surface area contributed by atoms with Gasteiger partial charge >= 0.3 is 0 Å². The van der Waals surface area contributed by atoms with Crippen LogP contribution in [0, 0.1) is 17.8 Å². The number of hydrogen-bond donors (Lipinski definition) is 2. The molecule has 2 N–H and O–H groups in total. The number of carbonyl (C=O) groups is 2. The molecule has 3 heterocycles. The zero-order valence-electron chi connectivity index (χ0n) is 24.9. The molecule has 7 nitrogen and oxygen atoms in total. The highest BCUT2D eigenvalue weighted by Crippen LogP contribution is 2.51. The van der Waals surface area contributed by atoms with E-state index in [9.17, 15) is 14.7 Å². The number of carbonyl (C=O) groups excluding carboxylic acids is 2. The van der Waals surface area contributed by atoms with E-state index in [1.807, 2.05) is 60.7 Å². The van der Waals surface area contributed by atoms with Crippen molar-refractivity contribution in [2.24, 2.45) is 17.8 Å². The molecule has 2 amide bonds. The van der Waals surface area contributed by atoms with Gasteiger partial charge in [-0.15, -0.1) is 0 Å². The topological polar surface area (TPSA) is 92.0 Å². The number of nitrogens with one attached hydrogen (secondary N) is 1. The van der Waals surface area contributed by atoms with E-state index in [0.717, 1.165) is 49.2 Å². The molecule has 4 atom stereocenters. The average Bonchev–Trinajstić information content (AvgIpc) is 3.73. The van der Waals surface area contributed by atoms with Crippen LogP contribution in [-0.2, 0) is 20.9 Å². The molecule has 1 aliphatic carbocycles. The Morgan fingerprint density at radius 3 is 2.42 bits per heavy atom. The summed E-state index contributed by atoms with van der Waals surface area (Å²) in [6.07, 6.45) is 7.17. The van der Waals surface area contributed by atoms with Gasteiger partial charge in [-0.2, -0.15) is 0 Å². The Kier molecular flexibility index (Phi) is 8.63. The van der Waals surface area contributed by atoms with E-state index in [0.29, 0.717) is 24.5 Å². The number of ether oxygens (including phenoxy) is 1. The van der Waals surface area contributed by atoms with Crippen molar-refractivity contribution in [1.82, 2.24) is 0 Å². The summed E-state index contributed by atoms with van der Waals surface area (Å²) in [5.41, 5.74) is 6.31. The van der Waals surface area contributed by atoms with Crippen LogP contribution < -0.4 is 10.2 Å². The molecule has 0 saturated carbocycles. The largest absolute Gasteiger partial charge is 0.459 e. The first-order valence-corrected chi connectivity index (χ1v) is 15.5. The number of hydrogen-bond acceptors (Lipinski definition) is 6. The van der Waals surface area contributed by atoms with Crippen LogP contribution in [0.4, 0.5) is 17.1 Å². The third-order valence-corrected chi connectivity index (χ3v) is 9.11. The summed E-state index contributed by atoms with van der Waals surface area (Å²) < 4.78 is 12.1. The van der Waals surface area contributed by atoms with Crippen molar-refractivity contribution in [2.75, 3.05) is 16.8 Å². The maximum absolute atomic E-state index is 13.9. The number of furan rings is 1. The fourth-order valence-electron chi connectivity index (χ4n) is 7.11. The van der Waals surface area contributed by atoms with Crippen molar-refractivity contribution in [3.8, 4) is 0 Å². The number of rotatable bonds is 11. The van der Waals surface area contributed by atoms with Gasteiger partial charge in [0.15, 0.2) is 0 Å². The number of nitrogens with zero attached hydrogens (tertiary/aromatic N) is 1. The third-order valence-electron chi connectivity index (χ3n) is 9.11. The van der Waals surface area contributed by atoms with E-state index in [-0.39, 0.29) is 42.3 Å². The normalized spacial score (nSPS) is 23.6. The van der Waals surface area contributed by atoms with Crippen LogP contribution in [0.1, 0.15) is 63.9 Å². The van der Waals surface area contributed by atoms with Gasteiger partial charge in [-0.25, -0.2) is 0 Å². The van der Waals surface area contributed by atoms with E-state index in [1.54, 1.807) is 6.07 Å². The van der Waals surface area contributed by atoms with Gasteiger partial charge in [0.25, 0.3) is 0 Å². The first kappa shape index (κ1) is 29.1. The molecule has 2 fully saturated rings. The lowest BCUT2D eigenvalue weighted by Gasteiger charge is -2.31. The Labute approximate surface area is 253 Å². The van der Waals surface area contributed by atoms with Crippen molar-refractivity contribution in [3.63, 3.8) is 0 Å². The number of allylic oxidation sites excluding steroid dienone is 2. The molecule has 3 aromatic rings. The summed E-state index contributed by atoms with van der Waals surface area (Å²) in [5, 5.41) is 12.7. The smallest absolute Gasteiger partial charge is 0.238 e. The summed E-state index contributed by atoms with van der Waals surface area (Å²) >= 11 is 0. The second-order valence-electron chi connectivity index (χ2n) is 11.8. The Morgan fingerprint density at radius 1 is 0.953 bits per heavy atom. The minimum absolute atomic E-state index is 0.0499. The van der Waals surface area contributed by atoms with Crippen LogP contribution in [0.15, 0.2) is 87.9 Å². The molecular weight excluding hydrogens is 540 g/mol. The Bertz CT molecular complexity index is 1520. The van der Waals surface area contributed by atoms with Gasteiger partial charge in [-0.3, -0.25) is 14.5 Å². The van der Waals surface area contributed by atoms with Crippen molar-refractivity contribution in [3.05, 3.63) is 95.0 Å². The molecule has 2 aromatic carbocycles. The summed E-state index contributed by atoms with van der Waals surface area (Å²) in [6.45, 7) is 4.67. The van der Waals surface area contributed by atoms with E-state index in [1.165, 1.54) is 21.6 Å². The van der Waals surface area contributed by atoms with Gasteiger partial charge in [-0.05, 0) is 92.3 Å². The average molecular weight is 581 g/mol. The molecule has 7 heteroatoms. The van der Waals surface area contributed by atoms with Crippen molar-refractivity contribution < 1.29 is 23.8 Å². The molecule has 0 bridgehead atoms. The molecule has 3 aliphatic rings. The van der Waals surface area contributed by atoms with Crippen LogP contribution in [0.2, 0.25) is 0 Å². The first-order valence-electron chi connectivity index (χ1n) is 15.5. The minimum Gasteiger partial charge on any atom is -0.459 e. The summed E-state index contributed by atoms with van der Waals surface area (Å²) in [4.78, 5) is 29.1. The third kappa shape index (κ3) is 5.84. The number of imide groups is 1. The lowest BCUT2D eigenvalue weighted by atomic mass is 9.69. The SMILES string of the molecule is CCC/C(=C\c1ccc(CO)o1)CC[C@H]1OC[C@H]2C1=C(CC)C[C@H]1C(=O)N(c3ccc(Nc4ccccc4)cc3)C(=O)[C@H]12. The highest BCUT2D eigenvalue weighted by molar-refractivity contribution is 6.22. The zero-order valence-corrected chi connectivity index (χ0v) is 24.9. The monoisotopic (exact) mass is 580 g/mol. The van der Waals surface area contributed by atoms with Gasteiger partial charge in [0.1, 0.15) is 18.1 Å². The van der Waals surface area contributed by atoms with Crippen LogP contribution in [0.3, 0.4) is 0 Å². The predicted molar refractivity (Wildman–Crippen MR) is 168 cm³/mol. The molecule has 0 unspecified atom stereocenters. The standard InChI is InChI=1S/C36H40N2O5/c1-3-8-23(19-28-16-17-29(21-39)43-28)11-18-32-33-24(4-2)20-30-34(31(33)22-42-32)36(41)38(35(30)40)27-14-12-26(13-15-27)37-25-9-6-5-7-10-25/h5-7,9-10,12-17,19,30-32,34,37,39H,3-4,8,11,18,20-22H2,1-2H3/b23-19+/t30-,31+,32-,34-/m1/s1. The van der Waals surface area contributed by atoms with E-state index in [2.05, 4.69) is 25.2 Å². The van der Waals surface area contributed by atoms with Gasteiger partial charge in [0, 0.05) is 17.3 Å². The molecule has 2 saturated heterocycles. The summed E-state index contributed by atoms with van der Waals surface area (Å²) in [5.74, 6) is 0.334. The second-order valence-corrected chi connectivity index (χ2v) is 11.8. The van der Waals surface area contributed by atoms with Gasteiger partial charge < -0.3 is 19.6 Å². The van der Waals surface area contributed by atoms with Crippen molar-refractivity contribution in [1.29, 1.82) is 0 Å². The molecule has 224 valence electrons. The van der Waals surface area contributed by atoms with Gasteiger partial charge in [0.05, 0.1) is 30.2 Å². The number of para-hydroxylation sites is 1. The molecule has 2 aliphatic heterocycles. The van der Waals surface area contributed by atoms with Crippen LogP contribution in [-0.4, -0.2) is 29.6 Å². The molecule has 0 spiro atoms. The predicted octanol–water partition coefficient (Wildman–Crippen LogP) is 7.41. The Balaban J connectivity index is 1.18. The number of aliphatic hydroxyl groups is 1. The molecule has 43 heavy (non-hydrogen) atoms. The van der Waals surface area contributed by atoms with Crippen LogP contribution in [0.25, 0.3) is 6.08 Å². The highest BCUT2D eigenvalue weighted by atomic mass is 16.5. The second kappa shape index (κ2) is 12.7. The molecular formula is C36H40N2O5. The number of amides is 2. The quantitative estimate of drug-likeness (QED) is 0.181. The number of benzene rings is 2. The summed E-state index contributed by atoms with van der Waals surface area (Å²) in [6, 6.07) is 21.1. The fraction of sp³-hybridized carbons (Fsp3) is 0.389. The van der Waals surface area contributed by atoms with E-state index in [4.69, 9.17) is 9.15 Å². The Morgan fingerprint density at radius 2 is 1.72 bits per heavy atom. The van der Waals surface area contributed by atoms with E-state index >= 15 is 0 Å². The van der Waals surface area contributed by atoms with Crippen molar-refractivity contribution in [2.45, 2.75) is 65.1 Å². The number of anilines is 3. The lowest BCUT2D eigenvalue weighted by molar-refractivity contribution is -0.122. The minimum atomic E-state index is -0.379. The highest BCUT2D eigenvalue weighted by Gasteiger charge is 2.57. The number of aliphatic hydroxyl groups excluding tert-OH is 1. The number of fused-ring (bicyclic) bond motifs is 3. The maximum atomic E-state index is 13.9. The Hall–Kier alpha value is -3.94. The first-order chi connectivity index (χ1) is 21.0. The zero-order chi connectivity index (χ0) is 29.9. The molecule has 0 radical (unpaired) electrons. The van der Waals surface area contributed by atoms with E-state index < -0.39 is 0 Å². The summed E-state index contributed by atoms with van der Waals surface area (Å²) in [7, 11) is 0. The lowest BCUT2D eigenvalue weighted by Crippen LogP contribution is -2.34. The molecule has 1 aromatic heterocycles. The molecule has 6 rings (SSSR count).